The van der Waals surface area contributed by atoms with Gasteiger partial charge in [0.25, 0.3) is 0 Å². The van der Waals surface area contributed by atoms with Crippen LogP contribution < -0.4 is 0 Å². The number of halogens is 1. The number of hydrogen-bond donors (Lipinski definition) is 0. The first-order chi connectivity index (χ1) is 8.47. The van der Waals surface area contributed by atoms with Gasteiger partial charge in [0.05, 0.1) is 4.88 Å². The third-order valence-electron chi connectivity index (χ3n) is 2.99. The van der Waals surface area contributed by atoms with Crippen LogP contribution in [0.25, 0.3) is 0 Å². The summed E-state index contributed by atoms with van der Waals surface area (Å²) in [6.07, 6.45) is 0.486. The van der Waals surface area contributed by atoms with Crippen molar-refractivity contribution in [1.29, 1.82) is 0 Å². The highest BCUT2D eigenvalue weighted by atomic mass is 79.9. The van der Waals surface area contributed by atoms with Crippen LogP contribution >= 0.6 is 27.3 Å². The van der Waals surface area contributed by atoms with Crippen molar-refractivity contribution in [3.63, 3.8) is 0 Å². The number of hydrogen-bond acceptors (Lipinski definition) is 2. The summed E-state index contributed by atoms with van der Waals surface area (Å²) < 4.78 is 1.02. The zero-order valence-electron chi connectivity index (χ0n) is 10.7. The number of benzene rings is 1. The Kier molecular flexibility index (Phi) is 4.03. The molecule has 0 aliphatic heterocycles. The fourth-order valence-corrected chi connectivity index (χ4v) is 3.32. The molecule has 2 aromatic rings. The number of carbonyl (C=O) groups is 1. The smallest absolute Gasteiger partial charge is 0.177 e. The van der Waals surface area contributed by atoms with Crippen molar-refractivity contribution in [2.45, 2.75) is 27.2 Å². The lowest BCUT2D eigenvalue weighted by molar-refractivity contribution is 0.0996. The number of Topliss-reactive ketones (excluding diaryl/α,β-unsaturated/α-hetero) is 1. The molecule has 0 spiro atoms. The zero-order chi connectivity index (χ0) is 13.3. The maximum absolute atomic E-state index is 12.2. The summed E-state index contributed by atoms with van der Waals surface area (Å²) in [6, 6.07) is 8.18. The Morgan fingerprint density at radius 3 is 2.56 bits per heavy atom. The van der Waals surface area contributed by atoms with Crippen LogP contribution in [0.4, 0.5) is 0 Å². The van der Waals surface area contributed by atoms with Crippen LogP contribution in [0, 0.1) is 20.8 Å². The molecule has 0 aliphatic rings. The lowest BCUT2D eigenvalue weighted by Gasteiger charge is -2.05. The number of aryl methyl sites for hydroxylation is 3. The van der Waals surface area contributed by atoms with E-state index in [4.69, 9.17) is 0 Å². The molecule has 1 aromatic heterocycles. The summed E-state index contributed by atoms with van der Waals surface area (Å²) >= 11 is 5.01. The first-order valence-corrected chi connectivity index (χ1v) is 7.43. The van der Waals surface area contributed by atoms with Crippen LogP contribution in [0.15, 0.2) is 28.7 Å². The topological polar surface area (TPSA) is 17.1 Å². The zero-order valence-corrected chi connectivity index (χ0v) is 13.1. The lowest BCUT2D eigenvalue weighted by Crippen LogP contribution is -2.03. The fraction of sp³-hybridized carbons (Fsp3) is 0.267. The Balaban J connectivity index is 2.23. The van der Waals surface area contributed by atoms with E-state index in [2.05, 4.69) is 48.0 Å². The summed E-state index contributed by atoms with van der Waals surface area (Å²) in [5, 5.41) is 0. The van der Waals surface area contributed by atoms with Crippen molar-refractivity contribution in [2.24, 2.45) is 0 Å². The molecule has 0 aliphatic carbocycles. The third kappa shape index (κ3) is 2.90. The second kappa shape index (κ2) is 5.37. The lowest BCUT2D eigenvalue weighted by atomic mass is 10.0. The molecule has 0 atom stereocenters. The molecule has 18 heavy (non-hydrogen) atoms. The van der Waals surface area contributed by atoms with Gasteiger partial charge in [-0.25, -0.2) is 0 Å². The van der Waals surface area contributed by atoms with Gasteiger partial charge in [0.1, 0.15) is 0 Å². The van der Waals surface area contributed by atoms with Gasteiger partial charge >= 0.3 is 0 Å². The molecule has 94 valence electrons. The van der Waals surface area contributed by atoms with E-state index in [0.29, 0.717) is 6.42 Å². The second-order valence-corrected chi connectivity index (χ2v) is 6.66. The van der Waals surface area contributed by atoms with E-state index >= 15 is 0 Å². The van der Waals surface area contributed by atoms with Gasteiger partial charge in [-0.05, 0) is 53.9 Å². The van der Waals surface area contributed by atoms with Crippen molar-refractivity contribution >= 4 is 33.0 Å². The Morgan fingerprint density at radius 1 is 1.22 bits per heavy atom. The monoisotopic (exact) mass is 322 g/mol. The molecule has 0 fully saturated rings. The third-order valence-corrected chi connectivity index (χ3v) is 5.17. The molecule has 0 unspecified atom stereocenters. The van der Waals surface area contributed by atoms with Gasteiger partial charge in [-0.2, -0.15) is 0 Å². The molecule has 1 nitrogen and oxygen atoms in total. The van der Waals surface area contributed by atoms with Gasteiger partial charge in [-0.15, -0.1) is 11.3 Å². The van der Waals surface area contributed by atoms with Crippen LogP contribution in [-0.4, -0.2) is 5.78 Å². The molecule has 0 saturated heterocycles. The summed E-state index contributed by atoms with van der Waals surface area (Å²) in [5.41, 5.74) is 3.51. The first-order valence-electron chi connectivity index (χ1n) is 5.82. The van der Waals surface area contributed by atoms with E-state index in [-0.39, 0.29) is 5.78 Å². The predicted molar refractivity (Wildman–Crippen MR) is 80.7 cm³/mol. The number of thiophene rings is 1. The van der Waals surface area contributed by atoms with E-state index in [1.54, 1.807) is 11.3 Å². The Bertz CT molecular complexity index is 579. The number of ketones is 1. The normalized spacial score (nSPS) is 10.7. The first kappa shape index (κ1) is 13.5. The summed E-state index contributed by atoms with van der Waals surface area (Å²) in [5.74, 6) is 0.197. The van der Waals surface area contributed by atoms with E-state index in [0.717, 1.165) is 19.8 Å². The highest BCUT2D eigenvalue weighted by Gasteiger charge is 2.13. The van der Waals surface area contributed by atoms with Crippen molar-refractivity contribution < 1.29 is 4.79 Å². The molecular formula is C15H15BrOS. The molecule has 0 bridgehead atoms. The Morgan fingerprint density at radius 2 is 1.94 bits per heavy atom. The van der Waals surface area contributed by atoms with E-state index < -0.39 is 0 Å². The minimum absolute atomic E-state index is 0.197. The van der Waals surface area contributed by atoms with Crippen molar-refractivity contribution in [2.75, 3.05) is 0 Å². The van der Waals surface area contributed by atoms with Crippen LogP contribution in [-0.2, 0) is 6.42 Å². The Labute approximate surface area is 120 Å². The number of rotatable bonds is 3. The minimum Gasteiger partial charge on any atom is -0.293 e. The molecule has 3 heteroatoms. The standard InChI is InChI=1S/C15H15BrOS/c1-9-4-5-10(2)12(6-9)7-14(17)15-8-13(16)11(3)18-15/h4-6,8H,7H2,1-3H3. The fourth-order valence-electron chi connectivity index (χ4n) is 1.85. The Hall–Kier alpha value is -0.930. The highest BCUT2D eigenvalue weighted by Crippen LogP contribution is 2.27. The van der Waals surface area contributed by atoms with Crippen molar-refractivity contribution in [1.82, 2.24) is 0 Å². The van der Waals surface area contributed by atoms with Crippen LogP contribution in [0.2, 0.25) is 0 Å². The maximum atomic E-state index is 12.2. The number of carbonyl (C=O) groups excluding carboxylic acids is 1. The molecule has 0 radical (unpaired) electrons. The van der Waals surface area contributed by atoms with Crippen molar-refractivity contribution in [3.05, 3.63) is 55.2 Å². The summed E-state index contributed by atoms with van der Waals surface area (Å²) in [6.45, 7) is 6.13. The maximum Gasteiger partial charge on any atom is 0.177 e. The largest absolute Gasteiger partial charge is 0.293 e. The summed E-state index contributed by atoms with van der Waals surface area (Å²) in [7, 11) is 0. The molecule has 0 saturated carbocycles. The second-order valence-electron chi connectivity index (χ2n) is 4.54. The van der Waals surface area contributed by atoms with Crippen LogP contribution in [0.1, 0.15) is 31.2 Å². The average Bonchev–Trinajstić information content (AvgIpc) is 2.64. The molecule has 2 rings (SSSR count). The van der Waals surface area contributed by atoms with Gasteiger partial charge in [-0.3, -0.25) is 4.79 Å². The molecule has 0 N–H and O–H groups in total. The SMILES string of the molecule is Cc1ccc(C)c(CC(=O)c2cc(Br)c(C)s2)c1. The predicted octanol–water partition coefficient (Wildman–Crippen LogP) is 4.86. The van der Waals surface area contributed by atoms with Crippen molar-refractivity contribution in [3.8, 4) is 0 Å². The molecular weight excluding hydrogens is 308 g/mol. The van der Waals surface area contributed by atoms with Gasteiger partial charge in [-0.1, -0.05) is 23.8 Å². The molecule has 1 heterocycles. The van der Waals surface area contributed by atoms with E-state index in [1.807, 2.05) is 13.0 Å². The van der Waals surface area contributed by atoms with Crippen LogP contribution in [0.5, 0.6) is 0 Å². The summed E-state index contributed by atoms with van der Waals surface area (Å²) in [4.78, 5) is 14.2. The highest BCUT2D eigenvalue weighted by molar-refractivity contribution is 9.10. The van der Waals surface area contributed by atoms with Crippen LogP contribution in [0.3, 0.4) is 0 Å². The van der Waals surface area contributed by atoms with E-state index in [9.17, 15) is 4.79 Å². The van der Waals surface area contributed by atoms with Gasteiger partial charge in [0.2, 0.25) is 0 Å². The molecule has 1 aromatic carbocycles. The minimum atomic E-state index is 0.197. The van der Waals surface area contributed by atoms with E-state index in [1.165, 1.54) is 11.1 Å². The molecule has 0 amide bonds. The quantitative estimate of drug-likeness (QED) is 0.737. The van der Waals surface area contributed by atoms with Gasteiger partial charge < -0.3 is 0 Å². The average molecular weight is 323 g/mol. The van der Waals surface area contributed by atoms with Gasteiger partial charge in [0, 0.05) is 15.8 Å². The van der Waals surface area contributed by atoms with Gasteiger partial charge in [0.15, 0.2) is 5.78 Å².